The van der Waals surface area contributed by atoms with Crippen molar-refractivity contribution in [1.82, 2.24) is 19.7 Å². The van der Waals surface area contributed by atoms with Gasteiger partial charge in [-0.2, -0.15) is 0 Å². The van der Waals surface area contributed by atoms with Gasteiger partial charge in [0, 0.05) is 56.6 Å². The van der Waals surface area contributed by atoms with E-state index in [0.717, 1.165) is 36.6 Å². The van der Waals surface area contributed by atoms with Crippen molar-refractivity contribution < 1.29 is 19.4 Å². The third-order valence-corrected chi connectivity index (χ3v) is 7.28. The standard InChI is InChI=1S/C26H36N4O5/c1-16(2)30-23-8-6-5-7-18(23)11-24(25(30)33)35-26(34)27-19-12-20-9-10-21(13-19)29(20)15-22(32)14-28(4)17(3)31/h5-8,11,16,19-22,32H,9-10,12-15H2,1-4H3,(H,27,34)/t19?,20-,21+,22?. The van der Waals surface area contributed by atoms with Crippen LogP contribution in [0.25, 0.3) is 10.9 Å². The lowest BCUT2D eigenvalue weighted by Gasteiger charge is -2.40. The largest absolute Gasteiger partial charge is 0.413 e. The Morgan fingerprint density at radius 3 is 2.49 bits per heavy atom. The summed E-state index contributed by atoms with van der Waals surface area (Å²) in [5.41, 5.74) is 0.481. The Morgan fingerprint density at radius 1 is 1.20 bits per heavy atom. The van der Waals surface area contributed by atoms with Crippen molar-refractivity contribution in [2.75, 3.05) is 20.1 Å². The Kier molecular flexibility index (Phi) is 7.47. The minimum Gasteiger partial charge on any atom is -0.404 e. The van der Waals surface area contributed by atoms with Gasteiger partial charge in [0.25, 0.3) is 5.56 Å². The number of rotatable bonds is 7. The van der Waals surface area contributed by atoms with Crippen molar-refractivity contribution in [1.29, 1.82) is 0 Å². The van der Waals surface area contributed by atoms with Crippen LogP contribution < -0.4 is 15.6 Å². The SMILES string of the molecule is CC(=O)N(C)CC(O)CN1[C@@H]2CC[C@H]1CC(NC(=O)Oc1cc3ccccc3n(C(C)C)c1=O)C2. The first-order valence-electron chi connectivity index (χ1n) is 12.4. The predicted octanol–water partition coefficient (Wildman–Crippen LogP) is 2.51. The summed E-state index contributed by atoms with van der Waals surface area (Å²) in [5, 5.41) is 14.3. The number of benzene rings is 1. The van der Waals surface area contributed by atoms with Gasteiger partial charge in [-0.05, 0) is 51.7 Å². The van der Waals surface area contributed by atoms with Crippen LogP contribution in [-0.4, -0.2) is 75.8 Å². The number of fused-ring (bicyclic) bond motifs is 3. The molecule has 1 aromatic carbocycles. The molecular weight excluding hydrogens is 448 g/mol. The van der Waals surface area contributed by atoms with E-state index in [1.165, 1.54) is 11.8 Å². The summed E-state index contributed by atoms with van der Waals surface area (Å²) in [5.74, 6) is -0.0481. The van der Waals surface area contributed by atoms with E-state index in [-0.39, 0.29) is 41.4 Å². The minimum atomic E-state index is -0.617. The number of aliphatic hydroxyl groups is 1. The molecule has 2 aliphatic rings. The lowest BCUT2D eigenvalue weighted by molar-refractivity contribution is -0.129. The zero-order valence-electron chi connectivity index (χ0n) is 20.9. The van der Waals surface area contributed by atoms with Crippen molar-refractivity contribution in [3.63, 3.8) is 0 Å². The van der Waals surface area contributed by atoms with Crippen LogP contribution >= 0.6 is 0 Å². The molecular formula is C26H36N4O5. The molecule has 9 heteroatoms. The summed E-state index contributed by atoms with van der Waals surface area (Å²) in [6.07, 6.45) is 2.31. The first kappa shape index (κ1) is 25.2. The van der Waals surface area contributed by atoms with Crippen LogP contribution in [-0.2, 0) is 4.79 Å². The maximum absolute atomic E-state index is 13.0. The molecule has 2 unspecified atom stereocenters. The van der Waals surface area contributed by atoms with Crippen molar-refractivity contribution in [2.45, 2.75) is 76.7 Å². The van der Waals surface area contributed by atoms with Crippen LogP contribution in [0.15, 0.2) is 35.1 Å². The first-order valence-corrected chi connectivity index (χ1v) is 12.4. The van der Waals surface area contributed by atoms with Gasteiger partial charge in [-0.15, -0.1) is 0 Å². The highest BCUT2D eigenvalue weighted by molar-refractivity contribution is 5.81. The second-order valence-corrected chi connectivity index (χ2v) is 10.2. The number of hydrogen-bond donors (Lipinski definition) is 2. The molecule has 0 spiro atoms. The number of amides is 2. The van der Waals surface area contributed by atoms with E-state index in [4.69, 9.17) is 4.74 Å². The van der Waals surface area contributed by atoms with Crippen LogP contribution in [0.5, 0.6) is 5.75 Å². The summed E-state index contributed by atoms with van der Waals surface area (Å²) >= 11 is 0. The molecule has 2 bridgehead atoms. The molecule has 2 aliphatic heterocycles. The highest BCUT2D eigenvalue weighted by Crippen LogP contribution is 2.36. The number of hydrogen-bond acceptors (Lipinski definition) is 6. The Balaban J connectivity index is 1.38. The van der Waals surface area contributed by atoms with Gasteiger partial charge in [0.05, 0.1) is 11.6 Å². The van der Waals surface area contributed by atoms with Crippen LogP contribution in [0.3, 0.4) is 0 Å². The Hall–Kier alpha value is -2.91. The van der Waals surface area contributed by atoms with Crippen LogP contribution in [0.2, 0.25) is 0 Å². The molecule has 2 N–H and O–H groups in total. The molecule has 4 rings (SSSR count). The molecule has 0 saturated carbocycles. The molecule has 35 heavy (non-hydrogen) atoms. The Bertz CT molecular complexity index is 1130. The minimum absolute atomic E-state index is 0.0213. The lowest BCUT2D eigenvalue weighted by atomic mass is 9.97. The fourth-order valence-corrected chi connectivity index (χ4v) is 5.58. The molecule has 0 radical (unpaired) electrons. The molecule has 9 nitrogen and oxygen atoms in total. The highest BCUT2D eigenvalue weighted by atomic mass is 16.6. The zero-order valence-corrected chi connectivity index (χ0v) is 20.9. The molecule has 4 atom stereocenters. The summed E-state index contributed by atoms with van der Waals surface area (Å²) in [7, 11) is 1.69. The summed E-state index contributed by atoms with van der Waals surface area (Å²) in [6, 6.07) is 9.57. The van der Waals surface area contributed by atoms with Crippen molar-refractivity contribution in [3.8, 4) is 5.75 Å². The van der Waals surface area contributed by atoms with E-state index >= 15 is 0 Å². The van der Waals surface area contributed by atoms with E-state index in [2.05, 4.69) is 10.2 Å². The van der Waals surface area contributed by atoms with Gasteiger partial charge >= 0.3 is 6.09 Å². The monoisotopic (exact) mass is 484 g/mol. The Morgan fingerprint density at radius 2 is 1.86 bits per heavy atom. The number of carbonyl (C=O) groups excluding carboxylic acids is 2. The van der Waals surface area contributed by atoms with Crippen LogP contribution in [0.4, 0.5) is 4.79 Å². The number of pyridine rings is 1. The number of para-hydroxylation sites is 1. The smallest absolute Gasteiger partial charge is 0.404 e. The highest BCUT2D eigenvalue weighted by Gasteiger charge is 2.42. The van der Waals surface area contributed by atoms with Gasteiger partial charge in [0.1, 0.15) is 0 Å². The maximum atomic E-state index is 13.0. The topological polar surface area (TPSA) is 104 Å². The number of nitrogens with one attached hydrogen (secondary N) is 1. The number of likely N-dealkylation sites (N-methyl/N-ethyl adjacent to an activating group) is 1. The molecule has 190 valence electrons. The van der Waals surface area contributed by atoms with E-state index in [0.29, 0.717) is 13.1 Å². The summed E-state index contributed by atoms with van der Waals surface area (Å²) < 4.78 is 7.17. The molecule has 2 fully saturated rings. The quantitative estimate of drug-likeness (QED) is 0.626. The van der Waals surface area contributed by atoms with Crippen molar-refractivity contribution in [2.24, 2.45) is 0 Å². The molecule has 2 aromatic rings. The Labute approximate surface area is 205 Å². The number of aliphatic hydroxyl groups excluding tert-OH is 1. The number of nitrogens with zero attached hydrogens (tertiary/aromatic N) is 3. The zero-order chi connectivity index (χ0) is 25.3. The van der Waals surface area contributed by atoms with Gasteiger partial charge in [-0.1, -0.05) is 18.2 Å². The normalized spacial score (nSPS) is 22.9. The summed E-state index contributed by atoms with van der Waals surface area (Å²) in [4.78, 5) is 41.1. The van der Waals surface area contributed by atoms with Gasteiger partial charge < -0.3 is 24.6 Å². The lowest BCUT2D eigenvalue weighted by Crippen LogP contribution is -2.53. The third-order valence-electron chi connectivity index (χ3n) is 7.28. The number of carbonyl (C=O) groups is 2. The first-order chi connectivity index (χ1) is 16.6. The van der Waals surface area contributed by atoms with Gasteiger partial charge in [0.15, 0.2) is 5.75 Å². The summed E-state index contributed by atoms with van der Waals surface area (Å²) in [6.45, 7) is 6.16. The average Bonchev–Trinajstić information content (AvgIpc) is 3.01. The number of piperidine rings is 1. The molecule has 0 aliphatic carbocycles. The fourth-order valence-electron chi connectivity index (χ4n) is 5.58. The predicted molar refractivity (Wildman–Crippen MR) is 134 cm³/mol. The van der Waals surface area contributed by atoms with Gasteiger partial charge in [0.2, 0.25) is 5.91 Å². The number of aromatic nitrogens is 1. The number of ether oxygens (including phenoxy) is 1. The van der Waals surface area contributed by atoms with Gasteiger partial charge in [-0.25, -0.2) is 4.79 Å². The average molecular weight is 485 g/mol. The van der Waals surface area contributed by atoms with E-state index in [1.54, 1.807) is 17.7 Å². The third kappa shape index (κ3) is 5.51. The fraction of sp³-hybridized carbons (Fsp3) is 0.577. The van der Waals surface area contributed by atoms with Crippen molar-refractivity contribution in [3.05, 3.63) is 40.7 Å². The maximum Gasteiger partial charge on any atom is 0.413 e. The van der Waals surface area contributed by atoms with Crippen molar-refractivity contribution >= 4 is 22.9 Å². The molecule has 2 saturated heterocycles. The van der Waals surface area contributed by atoms with Gasteiger partial charge in [-0.3, -0.25) is 14.5 Å². The van der Waals surface area contributed by atoms with E-state index in [9.17, 15) is 19.5 Å². The van der Waals surface area contributed by atoms with Crippen LogP contribution in [0.1, 0.15) is 52.5 Å². The second kappa shape index (κ2) is 10.4. The van der Waals surface area contributed by atoms with Crippen LogP contribution in [0, 0.1) is 0 Å². The molecule has 2 amide bonds. The second-order valence-electron chi connectivity index (χ2n) is 10.2. The van der Waals surface area contributed by atoms with E-state index < -0.39 is 12.2 Å². The molecule has 1 aromatic heterocycles. The van der Waals surface area contributed by atoms with E-state index in [1.807, 2.05) is 38.1 Å². The molecule has 3 heterocycles.